The van der Waals surface area contributed by atoms with Crippen molar-refractivity contribution in [1.82, 2.24) is 0 Å². The number of esters is 1. The van der Waals surface area contributed by atoms with Crippen molar-refractivity contribution in [2.24, 2.45) is 23.5 Å². The second-order valence-electron chi connectivity index (χ2n) is 5.08. The Bertz CT molecular complexity index is 258. The van der Waals surface area contributed by atoms with Crippen molar-refractivity contribution in [3.8, 4) is 0 Å². The highest BCUT2D eigenvalue weighted by Crippen LogP contribution is 2.51. The normalized spacial score (nSPS) is 44.1. The van der Waals surface area contributed by atoms with Crippen LogP contribution in [0.25, 0.3) is 0 Å². The topological polar surface area (TPSA) is 52.3 Å². The van der Waals surface area contributed by atoms with E-state index < -0.39 is 0 Å². The van der Waals surface area contributed by atoms with E-state index in [4.69, 9.17) is 10.5 Å². The molecular formula is C12H21NO2. The van der Waals surface area contributed by atoms with Gasteiger partial charge in [0.2, 0.25) is 0 Å². The molecule has 0 spiro atoms. The number of carbonyl (C=O) groups excluding carboxylic acids is 1. The average molecular weight is 211 g/mol. The highest BCUT2D eigenvalue weighted by atomic mass is 16.5. The third-order valence-electron chi connectivity index (χ3n) is 4.65. The molecule has 3 aliphatic rings. The number of ether oxygens (including phenoxy) is 1. The first kappa shape index (κ1) is 10.9. The first-order valence-corrected chi connectivity index (χ1v) is 6.00. The molecule has 2 unspecified atom stereocenters. The Morgan fingerprint density at radius 2 is 2.00 bits per heavy atom. The van der Waals surface area contributed by atoms with Gasteiger partial charge in [-0.05, 0) is 43.9 Å². The van der Waals surface area contributed by atoms with Crippen LogP contribution < -0.4 is 5.73 Å². The molecular weight excluding hydrogens is 190 g/mol. The van der Waals surface area contributed by atoms with Gasteiger partial charge >= 0.3 is 5.97 Å². The number of hydrogen-bond donors (Lipinski definition) is 1. The van der Waals surface area contributed by atoms with Crippen molar-refractivity contribution in [1.29, 1.82) is 0 Å². The summed E-state index contributed by atoms with van der Waals surface area (Å²) in [4.78, 5) is 11.8. The van der Waals surface area contributed by atoms with Crippen molar-refractivity contribution in [3.63, 3.8) is 0 Å². The van der Waals surface area contributed by atoms with Gasteiger partial charge in [-0.15, -0.1) is 0 Å². The van der Waals surface area contributed by atoms with Crippen molar-refractivity contribution < 1.29 is 9.53 Å². The van der Waals surface area contributed by atoms with E-state index >= 15 is 0 Å². The molecule has 86 valence electrons. The first-order valence-electron chi connectivity index (χ1n) is 6.00. The molecule has 0 aromatic rings. The molecule has 3 saturated carbocycles. The molecule has 0 aliphatic heterocycles. The Balaban J connectivity index is 2.29. The Kier molecular flexibility index (Phi) is 2.75. The lowest BCUT2D eigenvalue weighted by Crippen LogP contribution is -2.63. The van der Waals surface area contributed by atoms with Crippen molar-refractivity contribution in [3.05, 3.63) is 0 Å². The van der Waals surface area contributed by atoms with Crippen LogP contribution in [0.3, 0.4) is 0 Å². The lowest BCUT2D eigenvalue weighted by Gasteiger charge is -2.53. The van der Waals surface area contributed by atoms with Crippen LogP contribution in [0.15, 0.2) is 0 Å². The van der Waals surface area contributed by atoms with Crippen LogP contribution in [-0.2, 0) is 9.53 Å². The van der Waals surface area contributed by atoms with Gasteiger partial charge in [0.05, 0.1) is 13.0 Å². The van der Waals surface area contributed by atoms with Gasteiger partial charge in [-0.3, -0.25) is 4.79 Å². The van der Waals surface area contributed by atoms with E-state index in [2.05, 4.69) is 6.92 Å². The molecule has 15 heavy (non-hydrogen) atoms. The van der Waals surface area contributed by atoms with Gasteiger partial charge in [0.15, 0.2) is 0 Å². The van der Waals surface area contributed by atoms with Crippen molar-refractivity contribution >= 4 is 5.97 Å². The van der Waals surface area contributed by atoms with E-state index in [9.17, 15) is 4.79 Å². The van der Waals surface area contributed by atoms with Crippen LogP contribution in [0.2, 0.25) is 0 Å². The summed E-state index contributed by atoms with van der Waals surface area (Å²) >= 11 is 0. The number of nitrogens with two attached hydrogens (primary N) is 1. The predicted octanol–water partition coefficient (Wildman–Crippen LogP) is 1.70. The molecule has 0 radical (unpaired) electrons. The smallest absolute Gasteiger partial charge is 0.310 e. The number of methoxy groups -OCH3 is 1. The largest absolute Gasteiger partial charge is 0.469 e. The fraction of sp³-hybridized carbons (Fsp3) is 0.917. The molecule has 3 aliphatic carbocycles. The quantitative estimate of drug-likeness (QED) is 0.707. The maximum absolute atomic E-state index is 11.8. The van der Waals surface area contributed by atoms with Crippen LogP contribution >= 0.6 is 0 Å². The molecule has 0 amide bonds. The zero-order chi connectivity index (χ0) is 11.1. The predicted molar refractivity (Wildman–Crippen MR) is 58.2 cm³/mol. The minimum absolute atomic E-state index is 0.0556. The number of hydrogen-bond acceptors (Lipinski definition) is 3. The monoisotopic (exact) mass is 211 g/mol. The van der Waals surface area contributed by atoms with Gasteiger partial charge in [-0.1, -0.05) is 6.92 Å². The van der Waals surface area contributed by atoms with E-state index in [1.807, 2.05) is 0 Å². The maximum atomic E-state index is 11.8. The minimum Gasteiger partial charge on any atom is -0.469 e. The van der Waals surface area contributed by atoms with Crippen LogP contribution in [0.5, 0.6) is 0 Å². The molecule has 2 bridgehead atoms. The van der Waals surface area contributed by atoms with E-state index in [0.717, 1.165) is 19.3 Å². The molecule has 3 heteroatoms. The summed E-state index contributed by atoms with van der Waals surface area (Å²) in [6, 6.07) is 0. The fourth-order valence-electron chi connectivity index (χ4n) is 3.73. The van der Waals surface area contributed by atoms with Crippen molar-refractivity contribution in [2.45, 2.75) is 44.6 Å². The number of rotatable bonds is 2. The van der Waals surface area contributed by atoms with Gasteiger partial charge < -0.3 is 10.5 Å². The lowest BCUT2D eigenvalue weighted by atomic mass is 9.54. The summed E-state index contributed by atoms with van der Waals surface area (Å²) in [5, 5.41) is 0. The standard InChI is InChI=1S/C12H21NO2/c1-3-12(13)9-6-4-8(5-7-9)10(12)11(14)15-2/h8-10H,3-7,13H2,1-2H3. The molecule has 2 N–H and O–H groups in total. The first-order chi connectivity index (χ1) is 7.13. The summed E-state index contributed by atoms with van der Waals surface area (Å²) in [7, 11) is 1.47. The molecule has 0 heterocycles. The molecule has 0 aromatic carbocycles. The van der Waals surface area contributed by atoms with Gasteiger partial charge in [-0.25, -0.2) is 0 Å². The molecule has 2 atom stereocenters. The van der Waals surface area contributed by atoms with Crippen LogP contribution in [0, 0.1) is 17.8 Å². The lowest BCUT2D eigenvalue weighted by molar-refractivity contribution is -0.158. The number of fused-ring (bicyclic) bond motifs is 3. The second kappa shape index (κ2) is 3.78. The van der Waals surface area contributed by atoms with Gasteiger partial charge in [0, 0.05) is 5.54 Å². The summed E-state index contributed by atoms with van der Waals surface area (Å²) in [6.45, 7) is 2.09. The third-order valence-corrected chi connectivity index (χ3v) is 4.65. The summed E-state index contributed by atoms with van der Waals surface area (Å²) in [6.07, 6.45) is 5.59. The Morgan fingerprint density at radius 1 is 1.40 bits per heavy atom. The van der Waals surface area contributed by atoms with E-state index in [1.54, 1.807) is 0 Å². The highest BCUT2D eigenvalue weighted by molar-refractivity contribution is 5.75. The maximum Gasteiger partial charge on any atom is 0.310 e. The molecule has 3 fully saturated rings. The Hall–Kier alpha value is -0.570. The zero-order valence-electron chi connectivity index (χ0n) is 9.66. The average Bonchev–Trinajstić information content (AvgIpc) is 2.29. The molecule has 3 rings (SSSR count). The molecule has 3 nitrogen and oxygen atoms in total. The number of carbonyl (C=O) groups is 1. The minimum atomic E-state index is -0.297. The highest BCUT2D eigenvalue weighted by Gasteiger charge is 2.54. The SMILES string of the molecule is CCC1(N)C2CCC(CC2)C1C(=O)OC. The van der Waals surface area contributed by atoms with E-state index in [-0.39, 0.29) is 17.4 Å². The fourth-order valence-corrected chi connectivity index (χ4v) is 3.73. The zero-order valence-corrected chi connectivity index (χ0v) is 9.66. The third kappa shape index (κ3) is 1.48. The Morgan fingerprint density at radius 3 is 2.47 bits per heavy atom. The van der Waals surface area contributed by atoms with E-state index in [1.165, 1.54) is 20.0 Å². The van der Waals surface area contributed by atoms with Gasteiger partial charge in [-0.2, -0.15) is 0 Å². The molecule has 0 aromatic heterocycles. The van der Waals surface area contributed by atoms with E-state index in [0.29, 0.717) is 11.8 Å². The summed E-state index contributed by atoms with van der Waals surface area (Å²) < 4.78 is 4.92. The Labute approximate surface area is 91.4 Å². The van der Waals surface area contributed by atoms with Crippen LogP contribution in [-0.4, -0.2) is 18.6 Å². The summed E-state index contributed by atoms with van der Waals surface area (Å²) in [5.41, 5.74) is 6.17. The van der Waals surface area contributed by atoms with Gasteiger partial charge in [0.25, 0.3) is 0 Å². The second-order valence-corrected chi connectivity index (χ2v) is 5.08. The summed E-state index contributed by atoms with van der Waals surface area (Å²) in [5.74, 6) is 0.845. The van der Waals surface area contributed by atoms with Crippen molar-refractivity contribution in [2.75, 3.05) is 7.11 Å². The molecule has 0 saturated heterocycles. The van der Waals surface area contributed by atoms with Gasteiger partial charge in [0.1, 0.15) is 0 Å². The van der Waals surface area contributed by atoms with Crippen LogP contribution in [0.4, 0.5) is 0 Å². The van der Waals surface area contributed by atoms with Crippen LogP contribution in [0.1, 0.15) is 39.0 Å².